The Kier molecular flexibility index (Phi) is 7.77. The highest BCUT2D eigenvalue weighted by molar-refractivity contribution is 6.30. The summed E-state index contributed by atoms with van der Waals surface area (Å²) in [5.41, 5.74) is 2.24. The third kappa shape index (κ3) is 6.12. The van der Waals surface area contributed by atoms with Gasteiger partial charge in [-0.1, -0.05) is 41.9 Å². The van der Waals surface area contributed by atoms with E-state index in [4.69, 9.17) is 16.3 Å². The van der Waals surface area contributed by atoms with Crippen molar-refractivity contribution < 1.29 is 14.3 Å². The van der Waals surface area contributed by atoms with Crippen molar-refractivity contribution in [3.63, 3.8) is 0 Å². The van der Waals surface area contributed by atoms with Crippen LogP contribution in [0.2, 0.25) is 5.02 Å². The number of halogens is 1. The van der Waals surface area contributed by atoms with E-state index in [-0.39, 0.29) is 23.9 Å². The molecule has 7 nitrogen and oxygen atoms in total. The van der Waals surface area contributed by atoms with Crippen LogP contribution in [0.1, 0.15) is 21.5 Å². The topological polar surface area (TPSA) is 74.8 Å². The summed E-state index contributed by atoms with van der Waals surface area (Å²) in [7, 11) is 2.03. The number of ether oxygens (including phenoxy) is 1. The Bertz CT molecular complexity index is 1150. The summed E-state index contributed by atoms with van der Waals surface area (Å²) in [5.74, 6) is 0.220. The molecule has 3 aromatic rings. The van der Waals surface area contributed by atoms with Crippen LogP contribution in [0, 0.1) is 0 Å². The van der Waals surface area contributed by atoms with E-state index in [1.165, 1.54) is 0 Å². The Morgan fingerprint density at radius 3 is 2.56 bits per heavy atom. The van der Waals surface area contributed by atoms with Gasteiger partial charge in [-0.15, -0.1) is 0 Å². The molecule has 0 aliphatic carbocycles. The normalized spacial score (nSPS) is 14.0. The van der Waals surface area contributed by atoms with E-state index in [0.29, 0.717) is 30.3 Å². The number of benzene rings is 2. The van der Waals surface area contributed by atoms with Gasteiger partial charge in [0.1, 0.15) is 11.3 Å². The van der Waals surface area contributed by atoms with Gasteiger partial charge in [0.05, 0.1) is 6.54 Å². The maximum absolute atomic E-state index is 12.9. The number of aromatic nitrogens is 1. The van der Waals surface area contributed by atoms with Gasteiger partial charge in [-0.2, -0.15) is 0 Å². The molecule has 0 atom stereocenters. The van der Waals surface area contributed by atoms with Crippen molar-refractivity contribution in [2.75, 3.05) is 39.8 Å². The van der Waals surface area contributed by atoms with Gasteiger partial charge < -0.3 is 19.9 Å². The second-order valence-corrected chi connectivity index (χ2v) is 8.68. The highest BCUT2D eigenvalue weighted by Crippen LogP contribution is 2.30. The monoisotopic (exact) mass is 478 g/mol. The van der Waals surface area contributed by atoms with Crippen LogP contribution in [0.3, 0.4) is 0 Å². The first kappa shape index (κ1) is 23.7. The molecular weight excluding hydrogens is 452 g/mol. The predicted octanol–water partition coefficient (Wildman–Crippen LogP) is 3.62. The molecule has 0 bridgehead atoms. The van der Waals surface area contributed by atoms with Crippen molar-refractivity contribution in [3.05, 3.63) is 88.6 Å². The van der Waals surface area contributed by atoms with Crippen molar-refractivity contribution in [1.82, 2.24) is 20.1 Å². The van der Waals surface area contributed by atoms with Crippen LogP contribution in [0.4, 0.5) is 0 Å². The molecule has 176 valence electrons. The van der Waals surface area contributed by atoms with Gasteiger partial charge in [-0.05, 0) is 42.9 Å². The Labute approximate surface area is 204 Å². The Hall–Kier alpha value is -3.42. The molecule has 2 aromatic carbocycles. The van der Waals surface area contributed by atoms with Gasteiger partial charge in [-0.25, -0.2) is 4.98 Å². The van der Waals surface area contributed by atoms with Crippen LogP contribution in [0.25, 0.3) is 0 Å². The summed E-state index contributed by atoms with van der Waals surface area (Å²) in [6.07, 6.45) is 2.18. The molecule has 1 N–H and O–H groups in total. The van der Waals surface area contributed by atoms with E-state index >= 15 is 0 Å². The lowest BCUT2D eigenvalue weighted by molar-refractivity contribution is -0.131. The third-order valence-corrected chi connectivity index (χ3v) is 5.97. The number of carbonyl (C=O) groups excluding carboxylic acids is 2. The van der Waals surface area contributed by atoms with Crippen molar-refractivity contribution in [3.8, 4) is 11.6 Å². The van der Waals surface area contributed by atoms with Gasteiger partial charge in [0.15, 0.2) is 0 Å². The minimum absolute atomic E-state index is 0.0723. The zero-order valence-corrected chi connectivity index (χ0v) is 19.8. The van der Waals surface area contributed by atoms with Crippen LogP contribution < -0.4 is 10.1 Å². The van der Waals surface area contributed by atoms with Crippen LogP contribution in [0.15, 0.2) is 66.9 Å². The number of nitrogens with one attached hydrogen (secondary N) is 1. The molecule has 2 amide bonds. The average molecular weight is 479 g/mol. The van der Waals surface area contributed by atoms with Gasteiger partial charge in [-0.3, -0.25) is 9.59 Å². The van der Waals surface area contributed by atoms with Crippen LogP contribution in [-0.2, 0) is 11.2 Å². The molecule has 4 rings (SSSR count). The van der Waals surface area contributed by atoms with Crippen LogP contribution in [-0.4, -0.2) is 66.4 Å². The maximum Gasteiger partial charge on any atom is 0.257 e. The Morgan fingerprint density at radius 1 is 1.03 bits per heavy atom. The SMILES string of the molecule is CN1CCN(C(=O)CNC(=O)c2cccnc2Oc2ccc(Cl)cc2Cc2ccccc2)CC1. The first-order chi connectivity index (χ1) is 16.5. The number of nitrogens with zero attached hydrogens (tertiary/aromatic N) is 3. The third-order valence-electron chi connectivity index (χ3n) is 5.74. The van der Waals surface area contributed by atoms with Crippen LogP contribution in [0.5, 0.6) is 11.6 Å². The predicted molar refractivity (Wildman–Crippen MR) is 131 cm³/mol. The van der Waals surface area contributed by atoms with E-state index in [2.05, 4.69) is 15.2 Å². The summed E-state index contributed by atoms with van der Waals surface area (Å²) < 4.78 is 6.09. The van der Waals surface area contributed by atoms with Crippen molar-refractivity contribution in [2.24, 2.45) is 0 Å². The van der Waals surface area contributed by atoms with Crippen molar-refractivity contribution >= 4 is 23.4 Å². The number of amides is 2. The smallest absolute Gasteiger partial charge is 0.257 e. The summed E-state index contributed by atoms with van der Waals surface area (Å²) in [5, 5.41) is 3.31. The van der Waals surface area contributed by atoms with Crippen molar-refractivity contribution in [2.45, 2.75) is 6.42 Å². The Morgan fingerprint density at radius 2 is 1.79 bits per heavy atom. The lowest BCUT2D eigenvalue weighted by Crippen LogP contribution is -2.50. The maximum atomic E-state index is 12.9. The van der Waals surface area contributed by atoms with Crippen molar-refractivity contribution in [1.29, 1.82) is 0 Å². The molecule has 1 aromatic heterocycles. The highest BCUT2D eigenvalue weighted by atomic mass is 35.5. The molecule has 0 radical (unpaired) electrons. The minimum Gasteiger partial charge on any atom is -0.438 e. The summed E-state index contributed by atoms with van der Waals surface area (Å²) in [6.45, 7) is 2.90. The molecule has 8 heteroatoms. The molecule has 1 fully saturated rings. The standard InChI is InChI=1S/C26H27ClN4O3/c1-30-12-14-31(15-13-30)24(32)18-29-25(33)22-8-5-11-28-26(22)34-23-10-9-21(27)17-20(23)16-19-6-3-2-4-7-19/h2-11,17H,12-16,18H2,1H3,(H,29,33). The van der Waals surface area contributed by atoms with E-state index < -0.39 is 5.91 Å². The van der Waals surface area contributed by atoms with E-state index in [9.17, 15) is 9.59 Å². The zero-order valence-electron chi connectivity index (χ0n) is 19.0. The number of likely N-dealkylation sites (N-methyl/N-ethyl adjacent to an activating group) is 1. The second-order valence-electron chi connectivity index (χ2n) is 8.24. The number of rotatable bonds is 7. The largest absolute Gasteiger partial charge is 0.438 e. The first-order valence-corrected chi connectivity index (χ1v) is 11.6. The fourth-order valence-electron chi connectivity index (χ4n) is 3.77. The quantitative estimate of drug-likeness (QED) is 0.561. The Balaban J connectivity index is 1.46. The first-order valence-electron chi connectivity index (χ1n) is 11.2. The van der Waals surface area contributed by atoms with Gasteiger partial charge in [0, 0.05) is 49.4 Å². The molecule has 0 unspecified atom stereocenters. The van der Waals surface area contributed by atoms with E-state index in [0.717, 1.165) is 24.2 Å². The van der Waals surface area contributed by atoms with E-state index in [1.54, 1.807) is 35.4 Å². The molecule has 2 heterocycles. The van der Waals surface area contributed by atoms with Gasteiger partial charge >= 0.3 is 0 Å². The van der Waals surface area contributed by atoms with Crippen LogP contribution >= 0.6 is 11.6 Å². The fraction of sp³-hybridized carbons (Fsp3) is 0.269. The molecule has 34 heavy (non-hydrogen) atoms. The molecule has 0 spiro atoms. The number of piperazine rings is 1. The molecule has 1 aliphatic rings. The molecular formula is C26H27ClN4O3. The molecule has 1 aliphatic heterocycles. The summed E-state index contributed by atoms with van der Waals surface area (Å²) in [4.78, 5) is 33.6. The lowest BCUT2D eigenvalue weighted by atomic mass is 10.0. The number of hydrogen-bond donors (Lipinski definition) is 1. The number of hydrogen-bond acceptors (Lipinski definition) is 5. The zero-order chi connectivity index (χ0) is 23.9. The molecule has 1 saturated heterocycles. The second kappa shape index (κ2) is 11.1. The number of pyridine rings is 1. The summed E-state index contributed by atoms with van der Waals surface area (Å²) in [6, 6.07) is 18.6. The fourth-order valence-corrected chi connectivity index (χ4v) is 3.96. The average Bonchev–Trinajstić information content (AvgIpc) is 2.85. The van der Waals surface area contributed by atoms with Gasteiger partial charge in [0.2, 0.25) is 11.8 Å². The van der Waals surface area contributed by atoms with E-state index in [1.807, 2.05) is 43.4 Å². The number of carbonyl (C=O) groups is 2. The minimum atomic E-state index is -0.413. The molecule has 0 saturated carbocycles. The summed E-state index contributed by atoms with van der Waals surface area (Å²) >= 11 is 6.24. The van der Waals surface area contributed by atoms with Gasteiger partial charge in [0.25, 0.3) is 5.91 Å². The lowest BCUT2D eigenvalue weighted by Gasteiger charge is -2.32. The highest BCUT2D eigenvalue weighted by Gasteiger charge is 2.21.